The van der Waals surface area contributed by atoms with E-state index in [4.69, 9.17) is 20.4 Å². The van der Waals surface area contributed by atoms with Crippen molar-refractivity contribution >= 4 is 11.9 Å². The van der Waals surface area contributed by atoms with E-state index in [-0.39, 0.29) is 11.1 Å². The summed E-state index contributed by atoms with van der Waals surface area (Å²) < 4.78 is 0. The van der Waals surface area contributed by atoms with Gasteiger partial charge >= 0.3 is 11.9 Å². The van der Waals surface area contributed by atoms with E-state index < -0.39 is 17.7 Å². The molecule has 0 heterocycles. The number of carbonyl (C=O) groups is 2. The maximum atomic E-state index is 10.5. The standard InChI is InChI=1S/C8H6O4.C6H12O2/c9-7(10)5-3-1-2-4-6(5)8(11)12;7-6(8)4-2-1-3-5-6/h1-4H,(H,9,10)(H,11,12);7-8H,1-5H2. The van der Waals surface area contributed by atoms with Crippen LogP contribution in [0.25, 0.3) is 0 Å². The van der Waals surface area contributed by atoms with Gasteiger partial charge in [-0.25, -0.2) is 9.59 Å². The lowest BCUT2D eigenvalue weighted by Gasteiger charge is -2.25. The minimum atomic E-state index is -1.32. The van der Waals surface area contributed by atoms with Crippen LogP contribution in [0, 0.1) is 0 Å². The SMILES string of the molecule is O=C(O)c1ccccc1C(=O)O.OC1(O)CCCCC1. The zero-order chi connectivity index (χ0) is 15.2. The Labute approximate surface area is 116 Å². The lowest BCUT2D eigenvalue weighted by Crippen LogP contribution is -2.30. The first-order valence-corrected chi connectivity index (χ1v) is 6.34. The molecule has 0 aromatic heterocycles. The van der Waals surface area contributed by atoms with Crippen molar-refractivity contribution < 1.29 is 30.0 Å². The number of benzene rings is 1. The average molecular weight is 282 g/mol. The summed E-state index contributed by atoms with van der Waals surface area (Å²) in [5.41, 5.74) is -0.380. The zero-order valence-corrected chi connectivity index (χ0v) is 11.0. The van der Waals surface area contributed by atoms with E-state index in [0.717, 1.165) is 19.3 Å². The van der Waals surface area contributed by atoms with Crippen LogP contribution in [0.5, 0.6) is 0 Å². The average Bonchev–Trinajstić information content (AvgIpc) is 2.39. The minimum absolute atomic E-state index is 0.190. The Bertz CT molecular complexity index is 439. The normalized spacial score (nSPS) is 16.7. The van der Waals surface area contributed by atoms with Crippen molar-refractivity contribution in [3.63, 3.8) is 0 Å². The van der Waals surface area contributed by atoms with E-state index in [0.29, 0.717) is 12.8 Å². The van der Waals surface area contributed by atoms with Crippen molar-refractivity contribution in [1.29, 1.82) is 0 Å². The highest BCUT2D eigenvalue weighted by Crippen LogP contribution is 2.24. The van der Waals surface area contributed by atoms with E-state index in [1.165, 1.54) is 24.3 Å². The summed E-state index contributed by atoms with van der Waals surface area (Å²) in [6.45, 7) is 0. The smallest absolute Gasteiger partial charge is 0.336 e. The highest BCUT2D eigenvalue weighted by molar-refractivity contribution is 6.01. The molecule has 1 aromatic carbocycles. The molecule has 2 rings (SSSR count). The Hall–Kier alpha value is -1.92. The molecule has 1 aliphatic carbocycles. The molecule has 4 N–H and O–H groups in total. The van der Waals surface area contributed by atoms with Crippen LogP contribution in [-0.4, -0.2) is 38.2 Å². The van der Waals surface area contributed by atoms with Gasteiger partial charge in [0.05, 0.1) is 11.1 Å². The predicted octanol–water partition coefficient (Wildman–Crippen LogP) is 1.71. The number of carboxylic acid groups (broad SMARTS) is 2. The van der Waals surface area contributed by atoms with Crippen LogP contribution in [0.3, 0.4) is 0 Å². The van der Waals surface area contributed by atoms with Crippen LogP contribution in [0.1, 0.15) is 52.8 Å². The number of hydrogen-bond donors (Lipinski definition) is 4. The Morgan fingerprint density at radius 1 is 0.850 bits per heavy atom. The maximum absolute atomic E-state index is 10.5. The third kappa shape index (κ3) is 4.99. The second-order valence-electron chi connectivity index (χ2n) is 4.70. The quantitative estimate of drug-likeness (QED) is 0.614. The molecule has 6 nitrogen and oxygen atoms in total. The van der Waals surface area contributed by atoms with E-state index in [1.54, 1.807) is 0 Å². The second kappa shape index (κ2) is 7.02. The molecule has 0 unspecified atom stereocenters. The molecule has 110 valence electrons. The van der Waals surface area contributed by atoms with Crippen molar-refractivity contribution in [1.82, 2.24) is 0 Å². The summed E-state index contributed by atoms with van der Waals surface area (Å²) in [6, 6.07) is 5.48. The summed E-state index contributed by atoms with van der Waals surface area (Å²) in [4.78, 5) is 20.9. The monoisotopic (exact) mass is 282 g/mol. The summed E-state index contributed by atoms with van der Waals surface area (Å²) in [7, 11) is 0. The van der Waals surface area contributed by atoms with Gasteiger partial charge in [-0.2, -0.15) is 0 Å². The summed E-state index contributed by atoms with van der Waals surface area (Å²) in [6.07, 6.45) is 4.21. The van der Waals surface area contributed by atoms with E-state index in [2.05, 4.69) is 0 Å². The van der Waals surface area contributed by atoms with Gasteiger partial charge in [-0.15, -0.1) is 0 Å². The molecular formula is C14H18O6. The Kier molecular flexibility index (Phi) is 5.66. The minimum Gasteiger partial charge on any atom is -0.478 e. The van der Waals surface area contributed by atoms with Gasteiger partial charge in [0.25, 0.3) is 0 Å². The van der Waals surface area contributed by atoms with Gasteiger partial charge in [0, 0.05) is 12.8 Å². The van der Waals surface area contributed by atoms with Gasteiger partial charge in [-0.3, -0.25) is 0 Å². The molecule has 0 saturated heterocycles. The van der Waals surface area contributed by atoms with Gasteiger partial charge in [0.2, 0.25) is 0 Å². The van der Waals surface area contributed by atoms with Crippen LogP contribution in [0.4, 0.5) is 0 Å². The van der Waals surface area contributed by atoms with E-state index in [1.807, 2.05) is 0 Å². The number of aliphatic hydroxyl groups is 2. The Morgan fingerprint density at radius 2 is 1.25 bits per heavy atom. The first-order valence-electron chi connectivity index (χ1n) is 6.34. The molecule has 0 radical (unpaired) electrons. The summed E-state index contributed by atoms with van der Waals surface area (Å²) in [5.74, 6) is -3.78. The zero-order valence-electron chi connectivity index (χ0n) is 11.0. The first-order chi connectivity index (χ1) is 9.33. The van der Waals surface area contributed by atoms with Gasteiger partial charge in [-0.1, -0.05) is 18.6 Å². The van der Waals surface area contributed by atoms with Crippen molar-refractivity contribution in [2.45, 2.75) is 37.9 Å². The fourth-order valence-electron chi connectivity index (χ4n) is 1.97. The van der Waals surface area contributed by atoms with Crippen LogP contribution < -0.4 is 0 Å². The lowest BCUT2D eigenvalue weighted by molar-refractivity contribution is -0.180. The fourth-order valence-corrected chi connectivity index (χ4v) is 1.97. The van der Waals surface area contributed by atoms with Gasteiger partial charge in [0.15, 0.2) is 5.79 Å². The van der Waals surface area contributed by atoms with Gasteiger partial charge in [0.1, 0.15) is 0 Å². The molecule has 1 saturated carbocycles. The molecule has 1 aliphatic rings. The molecule has 0 aliphatic heterocycles. The number of rotatable bonds is 2. The van der Waals surface area contributed by atoms with Crippen LogP contribution >= 0.6 is 0 Å². The molecule has 1 aromatic rings. The summed E-state index contributed by atoms with van der Waals surface area (Å²) >= 11 is 0. The molecule has 0 spiro atoms. The predicted molar refractivity (Wildman–Crippen MR) is 70.6 cm³/mol. The maximum Gasteiger partial charge on any atom is 0.336 e. The van der Waals surface area contributed by atoms with E-state index >= 15 is 0 Å². The molecule has 1 fully saturated rings. The Balaban J connectivity index is 0.000000217. The number of hydrogen-bond acceptors (Lipinski definition) is 4. The third-order valence-corrected chi connectivity index (χ3v) is 3.04. The highest BCUT2D eigenvalue weighted by atomic mass is 16.5. The molecular weight excluding hydrogens is 264 g/mol. The van der Waals surface area contributed by atoms with Crippen LogP contribution in [0.15, 0.2) is 24.3 Å². The van der Waals surface area contributed by atoms with Crippen molar-refractivity contribution in [2.24, 2.45) is 0 Å². The summed E-state index contributed by atoms with van der Waals surface area (Å²) in [5, 5.41) is 35.0. The topological polar surface area (TPSA) is 115 Å². The van der Waals surface area contributed by atoms with Crippen LogP contribution in [-0.2, 0) is 0 Å². The van der Waals surface area contributed by atoms with Crippen LogP contribution in [0.2, 0.25) is 0 Å². The lowest BCUT2D eigenvalue weighted by atomic mass is 9.95. The Morgan fingerprint density at radius 3 is 1.50 bits per heavy atom. The number of aromatic carboxylic acids is 2. The number of carboxylic acids is 2. The van der Waals surface area contributed by atoms with Crippen molar-refractivity contribution in [3.05, 3.63) is 35.4 Å². The fraction of sp³-hybridized carbons (Fsp3) is 0.429. The van der Waals surface area contributed by atoms with Gasteiger partial charge in [-0.05, 0) is 25.0 Å². The van der Waals surface area contributed by atoms with Crippen molar-refractivity contribution in [2.75, 3.05) is 0 Å². The second-order valence-corrected chi connectivity index (χ2v) is 4.70. The van der Waals surface area contributed by atoms with Gasteiger partial charge < -0.3 is 20.4 Å². The first kappa shape index (κ1) is 16.1. The van der Waals surface area contributed by atoms with E-state index in [9.17, 15) is 9.59 Å². The molecule has 20 heavy (non-hydrogen) atoms. The van der Waals surface area contributed by atoms with Crippen molar-refractivity contribution in [3.8, 4) is 0 Å². The molecule has 0 atom stereocenters. The highest BCUT2D eigenvalue weighted by Gasteiger charge is 2.24. The molecule has 0 bridgehead atoms. The molecule has 0 amide bonds. The third-order valence-electron chi connectivity index (χ3n) is 3.04. The molecule has 6 heteroatoms. The largest absolute Gasteiger partial charge is 0.478 e.